The van der Waals surface area contributed by atoms with Crippen molar-refractivity contribution in [1.82, 2.24) is 10.2 Å². The number of rotatable bonds is 5. The van der Waals surface area contributed by atoms with Gasteiger partial charge in [-0.3, -0.25) is 5.10 Å². The summed E-state index contributed by atoms with van der Waals surface area (Å²) in [5, 5.41) is 7.18. The van der Waals surface area contributed by atoms with E-state index in [-0.39, 0.29) is 0 Å². The van der Waals surface area contributed by atoms with E-state index < -0.39 is 10.0 Å². The molecule has 0 aliphatic heterocycles. The third-order valence-corrected chi connectivity index (χ3v) is 8.66. The highest BCUT2D eigenvalue weighted by Crippen LogP contribution is 2.55. The number of nitrogens with one attached hydrogen (secondary N) is 1. The molecule has 0 aliphatic rings. The fourth-order valence-electron chi connectivity index (χ4n) is 1.45. The second kappa shape index (κ2) is 5.25. The molecule has 3 N–H and O–H groups in total. The molecule has 1 heterocycles. The minimum Gasteiger partial charge on any atom is -0.330 e. The summed E-state index contributed by atoms with van der Waals surface area (Å²) in [6, 6.07) is 0. The van der Waals surface area contributed by atoms with Crippen LogP contribution in [0.4, 0.5) is 0 Å². The second-order valence-electron chi connectivity index (χ2n) is 2.99. The minimum absolute atomic E-state index is 0.739. The lowest BCUT2D eigenvalue weighted by Crippen LogP contribution is -2.18. The van der Waals surface area contributed by atoms with Gasteiger partial charge < -0.3 is 5.73 Å². The zero-order chi connectivity index (χ0) is 10.6. The van der Waals surface area contributed by atoms with E-state index in [0.717, 1.165) is 27.8 Å². The minimum atomic E-state index is -0.796. The first-order valence-electron chi connectivity index (χ1n) is 4.70. The van der Waals surface area contributed by atoms with E-state index in [1.807, 2.05) is 0 Å². The maximum atomic E-state index is 5.67. The maximum Gasteiger partial charge on any atom is 0.177 e. The lowest BCUT2D eigenvalue weighted by atomic mass is 10.8. The third-order valence-electron chi connectivity index (χ3n) is 2.40. The van der Waals surface area contributed by atoms with Crippen LogP contribution in [-0.2, 0) is 0 Å². The fraction of sp³-hybridized carbons (Fsp3) is 0.750. The predicted molar refractivity (Wildman–Crippen MR) is 68.2 cm³/mol. The van der Waals surface area contributed by atoms with Gasteiger partial charge in [0.2, 0.25) is 0 Å². The monoisotopic (exact) mass is 251 g/mol. The van der Waals surface area contributed by atoms with Gasteiger partial charge in [-0.1, -0.05) is 25.2 Å². The first-order valence-corrected chi connectivity index (χ1v) is 8.07. The Morgan fingerprint density at radius 1 is 1.50 bits per heavy atom. The molecule has 0 saturated carbocycles. The molecular weight excluding hydrogens is 234 g/mol. The molecule has 1 rings (SSSR count). The highest BCUT2D eigenvalue weighted by molar-refractivity contribution is 8.34. The molecule has 0 aliphatic carbocycles. The molecule has 3 nitrogen and oxygen atoms in total. The standard InChI is InChI=1S/C8H17N3S3/c1-3-14(4-2,6-5-9)8-11-10-7(12)13-8/h3-6,9H2,1-2H3,(H,10,12). The summed E-state index contributed by atoms with van der Waals surface area (Å²) in [7, 11) is -0.796. The molecule has 0 radical (unpaired) electrons. The Labute approximate surface area is 95.4 Å². The van der Waals surface area contributed by atoms with Crippen LogP contribution in [0.1, 0.15) is 13.8 Å². The van der Waals surface area contributed by atoms with E-state index in [0.29, 0.717) is 0 Å². The summed E-state index contributed by atoms with van der Waals surface area (Å²) < 4.78 is 1.97. The van der Waals surface area contributed by atoms with Crippen LogP contribution in [0, 0.1) is 3.95 Å². The highest BCUT2D eigenvalue weighted by atomic mass is 32.3. The zero-order valence-electron chi connectivity index (χ0n) is 8.58. The summed E-state index contributed by atoms with van der Waals surface area (Å²) in [4.78, 5) is 0. The molecule has 0 unspecified atom stereocenters. The van der Waals surface area contributed by atoms with Crippen LogP contribution in [-0.4, -0.2) is 34.0 Å². The average Bonchev–Trinajstić information content (AvgIpc) is 2.62. The average molecular weight is 251 g/mol. The van der Waals surface area contributed by atoms with Crippen LogP contribution in [0.3, 0.4) is 0 Å². The summed E-state index contributed by atoms with van der Waals surface area (Å²) in [5.41, 5.74) is 5.67. The van der Waals surface area contributed by atoms with E-state index in [4.69, 9.17) is 18.0 Å². The first-order chi connectivity index (χ1) is 6.68. The van der Waals surface area contributed by atoms with Gasteiger partial charge in [0, 0.05) is 6.54 Å². The molecule has 1 aromatic heterocycles. The van der Waals surface area contributed by atoms with Crippen LogP contribution in [0.15, 0.2) is 4.34 Å². The second-order valence-corrected chi connectivity index (χ2v) is 8.96. The van der Waals surface area contributed by atoms with Gasteiger partial charge in [0.25, 0.3) is 0 Å². The summed E-state index contributed by atoms with van der Waals surface area (Å²) in [5.74, 6) is 3.36. The van der Waals surface area contributed by atoms with E-state index in [2.05, 4.69) is 24.0 Å². The van der Waals surface area contributed by atoms with Gasteiger partial charge in [-0.05, 0) is 29.5 Å². The van der Waals surface area contributed by atoms with E-state index in [1.54, 1.807) is 11.3 Å². The van der Waals surface area contributed by atoms with Gasteiger partial charge in [0.15, 0.2) is 8.29 Å². The van der Waals surface area contributed by atoms with Crippen LogP contribution in [0.5, 0.6) is 0 Å². The molecule has 0 spiro atoms. The van der Waals surface area contributed by atoms with Crippen molar-refractivity contribution in [2.45, 2.75) is 18.2 Å². The van der Waals surface area contributed by atoms with Gasteiger partial charge in [0.1, 0.15) is 0 Å². The number of nitrogens with two attached hydrogens (primary N) is 1. The van der Waals surface area contributed by atoms with E-state index >= 15 is 0 Å². The SMILES string of the molecule is CCS(CC)(CCN)c1n[nH]c(=S)s1. The van der Waals surface area contributed by atoms with E-state index in [9.17, 15) is 0 Å². The zero-order valence-corrected chi connectivity index (χ0v) is 11.0. The lowest BCUT2D eigenvalue weighted by Gasteiger charge is -2.34. The molecule has 0 aromatic carbocycles. The number of hydrogen-bond donors (Lipinski definition) is 2. The molecule has 0 amide bonds. The van der Waals surface area contributed by atoms with Gasteiger partial charge >= 0.3 is 0 Å². The summed E-state index contributed by atoms with van der Waals surface area (Å²) in [6.07, 6.45) is 0. The number of aromatic nitrogens is 2. The van der Waals surface area contributed by atoms with Crippen molar-refractivity contribution < 1.29 is 0 Å². The maximum absolute atomic E-state index is 5.67. The molecule has 0 fully saturated rings. The Morgan fingerprint density at radius 3 is 2.50 bits per heavy atom. The van der Waals surface area contributed by atoms with Crippen molar-refractivity contribution in [3.05, 3.63) is 3.95 Å². The van der Waals surface area contributed by atoms with E-state index in [1.165, 1.54) is 4.34 Å². The molecule has 6 heteroatoms. The van der Waals surface area contributed by atoms with Crippen molar-refractivity contribution in [3.63, 3.8) is 0 Å². The molecule has 14 heavy (non-hydrogen) atoms. The smallest absolute Gasteiger partial charge is 0.177 e. The van der Waals surface area contributed by atoms with Crippen LogP contribution in [0.25, 0.3) is 0 Å². The molecule has 82 valence electrons. The van der Waals surface area contributed by atoms with Crippen molar-refractivity contribution in [2.24, 2.45) is 5.73 Å². The quantitative estimate of drug-likeness (QED) is 0.790. The molecule has 0 saturated heterocycles. The van der Waals surface area contributed by atoms with Gasteiger partial charge in [0.05, 0.1) is 0 Å². The number of hydrogen-bond acceptors (Lipinski definition) is 4. The van der Waals surface area contributed by atoms with Crippen LogP contribution < -0.4 is 5.73 Å². The Kier molecular flexibility index (Phi) is 4.56. The van der Waals surface area contributed by atoms with Crippen molar-refractivity contribution in [3.8, 4) is 0 Å². The van der Waals surface area contributed by atoms with Crippen molar-refractivity contribution in [1.29, 1.82) is 0 Å². The van der Waals surface area contributed by atoms with Gasteiger partial charge in [-0.2, -0.15) is 15.1 Å². The van der Waals surface area contributed by atoms with Gasteiger partial charge in [-0.25, -0.2) is 0 Å². The molecule has 1 aromatic rings. The number of H-pyrrole nitrogens is 1. The first kappa shape index (κ1) is 12.2. The van der Waals surface area contributed by atoms with Crippen molar-refractivity contribution >= 4 is 33.6 Å². The molecule has 0 atom stereocenters. The summed E-state index contributed by atoms with van der Waals surface area (Å²) >= 11 is 6.68. The number of nitrogens with zero attached hydrogens (tertiary/aromatic N) is 1. The molecular formula is C8H17N3S3. The Hall–Kier alpha value is 0.0900. The van der Waals surface area contributed by atoms with Gasteiger partial charge in [-0.15, -0.1) is 0 Å². The Bertz CT molecular complexity index is 327. The Morgan fingerprint density at radius 2 is 2.14 bits per heavy atom. The predicted octanol–water partition coefficient (Wildman–Crippen LogP) is 2.36. The topological polar surface area (TPSA) is 54.7 Å². The largest absolute Gasteiger partial charge is 0.330 e. The molecule has 0 bridgehead atoms. The summed E-state index contributed by atoms with van der Waals surface area (Å²) in [6.45, 7) is 5.18. The lowest BCUT2D eigenvalue weighted by molar-refractivity contribution is 0.986. The van der Waals surface area contributed by atoms with Crippen molar-refractivity contribution in [2.75, 3.05) is 23.8 Å². The normalized spacial score (nSPS) is 13.1. The Balaban J connectivity index is 3.02. The van der Waals surface area contributed by atoms with Crippen LogP contribution >= 0.6 is 33.6 Å². The number of aromatic amines is 1. The van der Waals surface area contributed by atoms with Crippen LogP contribution in [0.2, 0.25) is 0 Å². The highest BCUT2D eigenvalue weighted by Gasteiger charge is 2.24. The fourth-order valence-corrected chi connectivity index (χ4v) is 6.49. The third kappa shape index (κ3) is 2.36.